The summed E-state index contributed by atoms with van der Waals surface area (Å²) in [5.74, 6) is 0.882. The van der Waals surface area contributed by atoms with Crippen molar-refractivity contribution in [3.8, 4) is 0 Å². The normalized spacial score (nSPS) is 12.7. The van der Waals surface area contributed by atoms with Gasteiger partial charge in [0.2, 0.25) is 0 Å². The highest BCUT2D eigenvalue weighted by Crippen LogP contribution is 2.37. The summed E-state index contributed by atoms with van der Waals surface area (Å²) < 4.78 is 0. The number of benzene rings is 2. The zero-order valence-corrected chi connectivity index (χ0v) is 9.64. The van der Waals surface area contributed by atoms with Crippen molar-refractivity contribution in [2.75, 3.05) is 5.32 Å². The Hall–Kier alpha value is -2.55. The third-order valence-electron chi connectivity index (χ3n) is 3.24. The van der Waals surface area contributed by atoms with Crippen LogP contribution in [0.4, 0.5) is 17.2 Å². The van der Waals surface area contributed by atoms with Crippen LogP contribution >= 0.6 is 0 Å². The lowest BCUT2D eigenvalue weighted by Crippen LogP contribution is -1.91. The largest absolute Gasteiger partial charge is 0.351 e. The van der Waals surface area contributed by atoms with Gasteiger partial charge in [0.1, 0.15) is 0 Å². The molecular formula is C15H11N3. The van der Waals surface area contributed by atoms with Crippen molar-refractivity contribution in [3.05, 3.63) is 54.1 Å². The maximum atomic E-state index is 4.52. The Morgan fingerprint density at radius 1 is 0.889 bits per heavy atom. The van der Waals surface area contributed by atoms with Crippen molar-refractivity contribution in [1.29, 1.82) is 0 Å². The molecule has 86 valence electrons. The van der Waals surface area contributed by atoms with Gasteiger partial charge in [0.25, 0.3) is 0 Å². The maximum absolute atomic E-state index is 4.52. The van der Waals surface area contributed by atoms with Gasteiger partial charge in [-0.25, -0.2) is 4.99 Å². The standard InChI is InChI=1S/C15H11N3/c1-3-7-12-10(5-1)9-16-15-14(17-12)11-6-2-4-8-13(11)18-15/h1-9,17-18H. The first-order chi connectivity index (χ1) is 8.92. The second kappa shape index (κ2) is 3.47. The van der Waals surface area contributed by atoms with Gasteiger partial charge in [-0.15, -0.1) is 0 Å². The second-order valence-electron chi connectivity index (χ2n) is 4.36. The molecule has 18 heavy (non-hydrogen) atoms. The maximum Gasteiger partial charge on any atom is 0.154 e. The van der Waals surface area contributed by atoms with Gasteiger partial charge in [0, 0.05) is 28.4 Å². The smallest absolute Gasteiger partial charge is 0.154 e. The van der Waals surface area contributed by atoms with Crippen LogP contribution in [-0.2, 0) is 0 Å². The van der Waals surface area contributed by atoms with Crippen molar-refractivity contribution < 1.29 is 0 Å². The SMILES string of the molecule is C1=Nc2[nH]c3ccccc3c2Nc2ccccc21. The molecule has 1 aromatic heterocycles. The minimum absolute atomic E-state index is 0.882. The van der Waals surface area contributed by atoms with Gasteiger partial charge in [-0.2, -0.15) is 0 Å². The van der Waals surface area contributed by atoms with Crippen molar-refractivity contribution >= 4 is 34.3 Å². The Bertz CT molecular complexity index is 768. The minimum atomic E-state index is 0.882. The first-order valence-electron chi connectivity index (χ1n) is 5.93. The molecular weight excluding hydrogens is 222 g/mol. The number of aliphatic imine (C=N–C) groups is 1. The van der Waals surface area contributed by atoms with E-state index in [4.69, 9.17) is 0 Å². The van der Waals surface area contributed by atoms with Crippen LogP contribution in [0.5, 0.6) is 0 Å². The van der Waals surface area contributed by atoms with E-state index in [-0.39, 0.29) is 0 Å². The molecule has 0 atom stereocenters. The molecule has 0 bridgehead atoms. The van der Waals surface area contributed by atoms with E-state index >= 15 is 0 Å². The Kier molecular flexibility index (Phi) is 1.83. The third-order valence-corrected chi connectivity index (χ3v) is 3.24. The number of nitrogens with zero attached hydrogens (tertiary/aromatic N) is 1. The lowest BCUT2D eigenvalue weighted by molar-refractivity contribution is 1.39. The fourth-order valence-corrected chi connectivity index (χ4v) is 2.34. The lowest BCUT2D eigenvalue weighted by atomic mass is 10.2. The highest BCUT2D eigenvalue weighted by molar-refractivity contribution is 6.05. The highest BCUT2D eigenvalue weighted by Gasteiger charge is 2.14. The number of rotatable bonds is 0. The van der Waals surface area contributed by atoms with E-state index in [0.29, 0.717) is 0 Å². The van der Waals surface area contributed by atoms with Gasteiger partial charge >= 0.3 is 0 Å². The monoisotopic (exact) mass is 233 g/mol. The zero-order chi connectivity index (χ0) is 11.9. The molecule has 0 spiro atoms. The van der Waals surface area contributed by atoms with Crippen LogP contribution in [0.2, 0.25) is 0 Å². The number of aromatic amines is 1. The molecule has 0 unspecified atom stereocenters. The van der Waals surface area contributed by atoms with Crippen molar-refractivity contribution in [3.63, 3.8) is 0 Å². The quantitative estimate of drug-likeness (QED) is 0.474. The fourth-order valence-electron chi connectivity index (χ4n) is 2.34. The molecule has 2 N–H and O–H groups in total. The second-order valence-corrected chi connectivity index (χ2v) is 4.36. The van der Waals surface area contributed by atoms with Crippen LogP contribution in [0, 0.1) is 0 Å². The van der Waals surface area contributed by atoms with Crippen LogP contribution < -0.4 is 5.32 Å². The van der Waals surface area contributed by atoms with Gasteiger partial charge in [-0.1, -0.05) is 36.4 Å². The summed E-state index contributed by atoms with van der Waals surface area (Å²) in [5, 5.41) is 4.64. The van der Waals surface area contributed by atoms with E-state index in [2.05, 4.69) is 39.6 Å². The van der Waals surface area contributed by atoms with Gasteiger partial charge in [0.15, 0.2) is 5.82 Å². The van der Waals surface area contributed by atoms with Crippen molar-refractivity contribution in [2.24, 2.45) is 4.99 Å². The predicted molar refractivity (Wildman–Crippen MR) is 75.3 cm³/mol. The first kappa shape index (κ1) is 9.48. The molecule has 0 amide bonds. The van der Waals surface area contributed by atoms with Crippen molar-refractivity contribution in [1.82, 2.24) is 4.98 Å². The molecule has 0 saturated carbocycles. The Balaban J connectivity index is 2.01. The summed E-state index contributed by atoms with van der Waals surface area (Å²) in [6, 6.07) is 16.4. The number of H-pyrrole nitrogens is 1. The fraction of sp³-hybridized carbons (Fsp3) is 0. The topological polar surface area (TPSA) is 40.2 Å². The summed E-state index contributed by atoms with van der Waals surface area (Å²) in [4.78, 5) is 7.85. The van der Waals surface area contributed by atoms with Crippen LogP contribution in [-0.4, -0.2) is 11.2 Å². The van der Waals surface area contributed by atoms with E-state index in [1.54, 1.807) is 0 Å². The molecule has 4 rings (SSSR count). The number of hydrogen-bond donors (Lipinski definition) is 2. The first-order valence-corrected chi connectivity index (χ1v) is 5.93. The van der Waals surface area contributed by atoms with Gasteiger partial charge < -0.3 is 10.3 Å². The molecule has 3 aromatic rings. The molecule has 2 aromatic carbocycles. The van der Waals surface area contributed by atoms with Gasteiger partial charge in [-0.05, 0) is 12.1 Å². The Morgan fingerprint density at radius 2 is 1.72 bits per heavy atom. The number of aromatic nitrogens is 1. The van der Waals surface area contributed by atoms with E-state index in [1.165, 1.54) is 5.39 Å². The molecule has 3 heteroatoms. The number of hydrogen-bond acceptors (Lipinski definition) is 2. The molecule has 0 radical (unpaired) electrons. The molecule has 0 aliphatic carbocycles. The summed E-state index contributed by atoms with van der Waals surface area (Å²) >= 11 is 0. The van der Waals surface area contributed by atoms with Crippen LogP contribution in [0.25, 0.3) is 10.9 Å². The summed E-state index contributed by atoms with van der Waals surface area (Å²) in [6.07, 6.45) is 1.89. The predicted octanol–water partition coefficient (Wildman–Crippen LogP) is 3.98. The minimum Gasteiger partial charge on any atom is -0.351 e. The molecule has 2 heterocycles. The molecule has 1 aliphatic rings. The number of nitrogens with one attached hydrogen (secondary N) is 2. The van der Waals surface area contributed by atoms with Gasteiger partial charge in [-0.3, -0.25) is 0 Å². The third kappa shape index (κ3) is 1.27. The van der Waals surface area contributed by atoms with E-state index in [9.17, 15) is 0 Å². The molecule has 1 aliphatic heterocycles. The van der Waals surface area contributed by atoms with E-state index < -0.39 is 0 Å². The van der Waals surface area contributed by atoms with Crippen molar-refractivity contribution in [2.45, 2.75) is 0 Å². The van der Waals surface area contributed by atoms with Crippen LogP contribution in [0.1, 0.15) is 5.56 Å². The average molecular weight is 233 g/mol. The molecule has 0 saturated heterocycles. The number of para-hydroxylation sites is 2. The van der Waals surface area contributed by atoms with Crippen LogP contribution in [0.3, 0.4) is 0 Å². The average Bonchev–Trinajstić information content (AvgIpc) is 2.65. The zero-order valence-electron chi connectivity index (χ0n) is 9.64. The Labute approximate surface area is 104 Å². The van der Waals surface area contributed by atoms with Crippen LogP contribution in [0.15, 0.2) is 53.5 Å². The van der Waals surface area contributed by atoms with Gasteiger partial charge in [0.05, 0.1) is 5.69 Å². The lowest BCUT2D eigenvalue weighted by Gasteiger charge is -2.06. The summed E-state index contributed by atoms with van der Waals surface area (Å²) in [5.41, 5.74) is 4.34. The molecule has 3 nitrogen and oxygen atoms in total. The Morgan fingerprint density at radius 3 is 2.72 bits per heavy atom. The summed E-state index contributed by atoms with van der Waals surface area (Å²) in [7, 11) is 0. The number of anilines is 2. The van der Waals surface area contributed by atoms with E-state index in [0.717, 1.165) is 28.3 Å². The highest BCUT2D eigenvalue weighted by atomic mass is 15.0. The number of fused-ring (bicyclic) bond motifs is 4. The summed E-state index contributed by atoms with van der Waals surface area (Å²) in [6.45, 7) is 0. The molecule has 0 fully saturated rings. The van der Waals surface area contributed by atoms with E-state index in [1.807, 2.05) is 30.5 Å².